The quantitative estimate of drug-likeness (QED) is 0.177. The van der Waals surface area contributed by atoms with Gasteiger partial charge in [-0.15, -0.1) is 0 Å². The van der Waals surface area contributed by atoms with E-state index in [1.165, 1.54) is 5.56 Å². The molecule has 0 bridgehead atoms. The maximum Gasteiger partial charge on any atom is 0.373 e. The topological polar surface area (TPSA) is 82.0 Å². The zero-order chi connectivity index (χ0) is 33.5. The number of quaternary nitrogens is 1. The van der Waals surface area contributed by atoms with Crippen molar-refractivity contribution < 1.29 is 23.6 Å². The van der Waals surface area contributed by atoms with E-state index in [1.807, 2.05) is 30.3 Å². The number of para-hydroxylation sites is 4. The number of rotatable bonds is 4. The highest BCUT2D eigenvalue weighted by molar-refractivity contribution is 6.14. The van der Waals surface area contributed by atoms with Gasteiger partial charge < -0.3 is 13.3 Å². The lowest BCUT2D eigenvalue weighted by Crippen LogP contribution is -3.07. The lowest BCUT2D eigenvalue weighted by Gasteiger charge is -2.24. The smallest absolute Gasteiger partial charge is 0.373 e. The Balaban J connectivity index is 1.08. The minimum absolute atomic E-state index is 0.0450. The minimum atomic E-state index is -0.199. The van der Waals surface area contributed by atoms with Gasteiger partial charge in [0.05, 0.1) is 0 Å². The van der Waals surface area contributed by atoms with Crippen molar-refractivity contribution in [3.05, 3.63) is 168 Å². The molecular formula is C45H31N3O3+2. The molecule has 1 aliphatic rings. The predicted octanol–water partition coefficient (Wildman–Crippen LogP) is 8.44. The molecule has 11 rings (SSSR count). The Morgan fingerprint density at radius 2 is 1.12 bits per heavy atom. The van der Waals surface area contributed by atoms with Crippen LogP contribution >= 0.6 is 0 Å². The normalized spacial score (nSPS) is 16.6. The van der Waals surface area contributed by atoms with E-state index in [0.29, 0.717) is 0 Å². The van der Waals surface area contributed by atoms with E-state index in [4.69, 9.17) is 13.3 Å². The molecule has 0 radical (unpaired) electrons. The van der Waals surface area contributed by atoms with Crippen LogP contribution in [0.25, 0.3) is 76.9 Å². The van der Waals surface area contributed by atoms with Crippen molar-refractivity contribution in [2.45, 2.75) is 12.3 Å². The zero-order valence-corrected chi connectivity index (χ0v) is 27.4. The first-order valence-corrected chi connectivity index (χ1v) is 17.3. The zero-order valence-electron chi connectivity index (χ0n) is 27.4. The molecule has 0 aliphatic carbocycles. The van der Waals surface area contributed by atoms with Gasteiger partial charge in [0.2, 0.25) is 6.17 Å². The molecule has 6 nitrogen and oxygen atoms in total. The number of amidine groups is 1. The SMILES string of the molecule is c1ccc(C2NC(c3cccc4oc5ccccc5c34)[NH+]=C(c3cccc4c3oc3ccc(-c5cccc6c5oc5ccccc56)cc34)[NH2+]2)cc1. The third-order valence-corrected chi connectivity index (χ3v) is 10.4. The number of fused-ring (bicyclic) bond motifs is 9. The number of hydrogen-bond acceptors (Lipinski definition) is 4. The first-order chi connectivity index (χ1) is 25.3. The minimum Gasteiger partial charge on any atom is -0.456 e. The average Bonchev–Trinajstić information content (AvgIpc) is 3.89. The molecule has 3 aromatic heterocycles. The van der Waals surface area contributed by atoms with Crippen molar-refractivity contribution in [2.75, 3.05) is 0 Å². The molecule has 0 fully saturated rings. The molecule has 4 heterocycles. The summed E-state index contributed by atoms with van der Waals surface area (Å²) in [7, 11) is 0. The largest absolute Gasteiger partial charge is 0.456 e. The third kappa shape index (κ3) is 4.41. The maximum absolute atomic E-state index is 6.72. The number of benzene rings is 7. The molecule has 10 aromatic rings. The average molecular weight is 662 g/mol. The molecule has 0 saturated heterocycles. The van der Waals surface area contributed by atoms with Gasteiger partial charge in [-0.05, 0) is 48.0 Å². The van der Waals surface area contributed by atoms with Crippen LogP contribution in [0, 0.1) is 0 Å². The Morgan fingerprint density at radius 3 is 1.96 bits per heavy atom. The van der Waals surface area contributed by atoms with Crippen LogP contribution in [0.4, 0.5) is 0 Å². The van der Waals surface area contributed by atoms with E-state index in [1.54, 1.807) is 0 Å². The first-order valence-electron chi connectivity index (χ1n) is 17.3. The van der Waals surface area contributed by atoms with E-state index in [2.05, 4.69) is 137 Å². The maximum atomic E-state index is 6.72. The fourth-order valence-electron chi connectivity index (χ4n) is 8.02. The Labute approximate surface area is 291 Å². The fourth-order valence-corrected chi connectivity index (χ4v) is 8.02. The van der Waals surface area contributed by atoms with Gasteiger partial charge in [-0.2, -0.15) is 10.3 Å². The molecule has 7 aromatic carbocycles. The summed E-state index contributed by atoms with van der Waals surface area (Å²) in [5.74, 6) is 1.01. The van der Waals surface area contributed by atoms with Crippen molar-refractivity contribution in [1.29, 1.82) is 0 Å². The molecule has 2 atom stereocenters. The van der Waals surface area contributed by atoms with Crippen molar-refractivity contribution in [2.24, 2.45) is 0 Å². The summed E-state index contributed by atoms with van der Waals surface area (Å²) < 4.78 is 19.4. The number of nitrogens with two attached hydrogens (primary N) is 1. The molecule has 0 spiro atoms. The highest BCUT2D eigenvalue weighted by Crippen LogP contribution is 2.39. The van der Waals surface area contributed by atoms with Gasteiger partial charge in [-0.1, -0.05) is 109 Å². The Bertz CT molecular complexity index is 3000. The second-order valence-electron chi connectivity index (χ2n) is 13.3. The van der Waals surface area contributed by atoms with Crippen molar-refractivity contribution >= 4 is 71.7 Å². The summed E-state index contributed by atoms with van der Waals surface area (Å²) in [6.07, 6.45) is -0.244. The van der Waals surface area contributed by atoms with Gasteiger partial charge in [0.25, 0.3) is 0 Å². The van der Waals surface area contributed by atoms with Gasteiger partial charge in [-0.3, -0.25) is 0 Å². The number of furan rings is 3. The number of nitrogens with one attached hydrogen (secondary N) is 2. The highest BCUT2D eigenvalue weighted by atomic mass is 16.3. The summed E-state index contributed by atoms with van der Waals surface area (Å²) in [6.45, 7) is 0. The predicted molar refractivity (Wildman–Crippen MR) is 202 cm³/mol. The molecular weight excluding hydrogens is 631 g/mol. The second kappa shape index (κ2) is 11.0. The van der Waals surface area contributed by atoms with Crippen LogP contribution in [0.5, 0.6) is 0 Å². The molecule has 242 valence electrons. The molecule has 6 heteroatoms. The number of nitrogen functional groups attached to an aromatic ring is 1. The van der Waals surface area contributed by atoms with Crippen molar-refractivity contribution in [3.8, 4) is 11.1 Å². The molecule has 51 heavy (non-hydrogen) atoms. The summed E-state index contributed by atoms with van der Waals surface area (Å²) in [6, 6.07) is 52.6. The van der Waals surface area contributed by atoms with Crippen LogP contribution < -0.4 is 15.6 Å². The monoisotopic (exact) mass is 661 g/mol. The third-order valence-electron chi connectivity index (χ3n) is 10.4. The van der Waals surface area contributed by atoms with Crippen LogP contribution in [-0.4, -0.2) is 5.84 Å². The van der Waals surface area contributed by atoms with E-state index in [0.717, 1.165) is 93.9 Å². The molecule has 4 N–H and O–H groups in total. The Morgan fingerprint density at radius 1 is 0.490 bits per heavy atom. The van der Waals surface area contributed by atoms with Gasteiger partial charge in [0.15, 0.2) is 11.7 Å². The van der Waals surface area contributed by atoms with Gasteiger partial charge in [0.1, 0.15) is 33.5 Å². The van der Waals surface area contributed by atoms with Crippen molar-refractivity contribution in [3.63, 3.8) is 0 Å². The van der Waals surface area contributed by atoms with Crippen LogP contribution in [0.3, 0.4) is 0 Å². The summed E-state index contributed by atoms with van der Waals surface area (Å²) in [5.41, 5.74) is 10.7. The first kappa shape index (κ1) is 28.4. The molecule has 0 saturated carbocycles. The highest BCUT2D eigenvalue weighted by Gasteiger charge is 2.37. The van der Waals surface area contributed by atoms with Crippen LogP contribution in [-0.2, 0) is 0 Å². The molecule has 0 amide bonds. The van der Waals surface area contributed by atoms with E-state index >= 15 is 0 Å². The van der Waals surface area contributed by atoms with Gasteiger partial charge in [-0.25, -0.2) is 5.32 Å². The summed E-state index contributed by atoms with van der Waals surface area (Å²) >= 11 is 0. The van der Waals surface area contributed by atoms with E-state index < -0.39 is 0 Å². The van der Waals surface area contributed by atoms with Gasteiger partial charge >= 0.3 is 5.84 Å². The second-order valence-corrected chi connectivity index (χ2v) is 13.3. The summed E-state index contributed by atoms with van der Waals surface area (Å²) in [4.78, 5) is 3.87. The van der Waals surface area contributed by atoms with Crippen LogP contribution in [0.2, 0.25) is 0 Å². The van der Waals surface area contributed by atoms with Crippen LogP contribution in [0.1, 0.15) is 29.0 Å². The molecule has 1 aliphatic heterocycles. The van der Waals surface area contributed by atoms with Gasteiger partial charge in [0, 0.05) is 49.0 Å². The molecule has 2 unspecified atom stereocenters. The fraction of sp³-hybridized carbons (Fsp3) is 0.0444. The van der Waals surface area contributed by atoms with E-state index in [9.17, 15) is 0 Å². The Hall–Kier alpha value is -6.47. The van der Waals surface area contributed by atoms with Crippen molar-refractivity contribution in [1.82, 2.24) is 5.32 Å². The Kier molecular flexibility index (Phi) is 6.13. The lowest BCUT2D eigenvalue weighted by molar-refractivity contribution is -0.701. The number of hydrogen-bond donors (Lipinski definition) is 3. The summed E-state index contributed by atoms with van der Waals surface area (Å²) in [5, 5.41) is 12.8. The van der Waals surface area contributed by atoms with E-state index in [-0.39, 0.29) is 12.3 Å². The standard InChI is InChI=1S/C45H29N3O3/c1-2-11-26(12-3-1)43-46-44(33-18-10-22-39-40(33)32-14-5-7-21-37(32)49-39)48-45(47-43)34-19-9-17-31-35-25-27(23-24-38(35)51-42(31)34)28-15-8-16-30-29-13-4-6-20-36(29)50-41(28)30/h1-25,43-44,46H,(H,47,48)/p+2. The van der Waals surface area contributed by atoms with Crippen LogP contribution in [0.15, 0.2) is 165 Å². The lowest BCUT2D eigenvalue weighted by atomic mass is 9.99.